The van der Waals surface area contributed by atoms with Gasteiger partial charge < -0.3 is 10.6 Å². The third-order valence-corrected chi connectivity index (χ3v) is 5.91. The van der Waals surface area contributed by atoms with Crippen molar-refractivity contribution in [2.24, 2.45) is 11.8 Å². The van der Waals surface area contributed by atoms with E-state index >= 15 is 0 Å². The number of ketones is 1. The molecule has 2 N–H and O–H groups in total. The van der Waals surface area contributed by atoms with Crippen molar-refractivity contribution in [2.75, 3.05) is 23.7 Å². The first kappa shape index (κ1) is 21.0. The number of benzene rings is 1. The summed E-state index contributed by atoms with van der Waals surface area (Å²) in [5, 5.41) is 0. The zero-order chi connectivity index (χ0) is 21.8. The van der Waals surface area contributed by atoms with Gasteiger partial charge in [-0.2, -0.15) is 0 Å². The molecule has 0 amide bonds. The summed E-state index contributed by atoms with van der Waals surface area (Å²) < 4.78 is 0. The van der Waals surface area contributed by atoms with E-state index in [9.17, 15) is 4.79 Å². The summed E-state index contributed by atoms with van der Waals surface area (Å²) in [4.78, 5) is 24.8. The molecule has 4 rings (SSSR count). The van der Waals surface area contributed by atoms with Gasteiger partial charge in [0, 0.05) is 24.8 Å². The lowest BCUT2D eigenvalue weighted by Crippen LogP contribution is -2.36. The fraction of sp³-hybridized carbons (Fsp3) is 0.346. The van der Waals surface area contributed by atoms with E-state index in [0.717, 1.165) is 36.5 Å². The molecule has 160 valence electrons. The van der Waals surface area contributed by atoms with Crippen molar-refractivity contribution < 1.29 is 4.79 Å². The van der Waals surface area contributed by atoms with Crippen LogP contribution in [0.3, 0.4) is 0 Å². The van der Waals surface area contributed by atoms with Crippen LogP contribution < -0.4 is 10.6 Å². The van der Waals surface area contributed by atoms with E-state index < -0.39 is 0 Å². The summed E-state index contributed by atoms with van der Waals surface area (Å²) in [6.45, 7) is 6.51. The van der Waals surface area contributed by atoms with Gasteiger partial charge in [0.15, 0.2) is 0 Å². The Labute approximate surface area is 184 Å². The molecular weight excluding hydrogens is 384 g/mol. The highest BCUT2D eigenvalue weighted by Crippen LogP contribution is 2.31. The van der Waals surface area contributed by atoms with Crippen molar-refractivity contribution in [3.05, 3.63) is 72.1 Å². The largest absolute Gasteiger partial charge is 0.383 e. The zero-order valence-corrected chi connectivity index (χ0v) is 18.3. The monoisotopic (exact) mass is 414 g/mol. The Bertz CT molecular complexity index is 1050. The topological polar surface area (TPSA) is 72.1 Å². The maximum absolute atomic E-state index is 13.5. The van der Waals surface area contributed by atoms with Crippen molar-refractivity contribution in [3.8, 4) is 11.1 Å². The molecule has 0 saturated carbocycles. The summed E-state index contributed by atoms with van der Waals surface area (Å²) in [6, 6.07) is 17.4. The number of aromatic nitrogens is 2. The molecule has 5 nitrogen and oxygen atoms in total. The highest BCUT2D eigenvalue weighted by Gasteiger charge is 2.25. The number of pyridine rings is 2. The van der Waals surface area contributed by atoms with Crippen LogP contribution in [-0.4, -0.2) is 28.8 Å². The van der Waals surface area contributed by atoms with E-state index in [0.29, 0.717) is 23.1 Å². The number of hydrogen-bond acceptors (Lipinski definition) is 5. The van der Waals surface area contributed by atoms with Gasteiger partial charge in [0.25, 0.3) is 0 Å². The van der Waals surface area contributed by atoms with Crippen LogP contribution in [-0.2, 0) is 0 Å². The van der Waals surface area contributed by atoms with Crippen molar-refractivity contribution >= 4 is 17.4 Å². The van der Waals surface area contributed by atoms with Crippen LogP contribution in [0, 0.1) is 11.8 Å². The molecule has 1 aromatic carbocycles. The van der Waals surface area contributed by atoms with Gasteiger partial charge in [-0.15, -0.1) is 0 Å². The van der Waals surface area contributed by atoms with Crippen LogP contribution >= 0.6 is 0 Å². The van der Waals surface area contributed by atoms with E-state index in [1.54, 1.807) is 18.3 Å². The van der Waals surface area contributed by atoms with E-state index in [1.165, 1.54) is 12.8 Å². The maximum atomic E-state index is 13.5. The first-order chi connectivity index (χ1) is 15.0. The third-order valence-electron chi connectivity index (χ3n) is 5.91. The SMILES string of the molecule is CC(C)C[C@@H]1CCCN(c2ccc(-c3ccccc3)c(C(=O)c3cccnc3N)n2)C1. The molecule has 1 aliphatic rings. The van der Waals surface area contributed by atoms with Gasteiger partial charge in [-0.3, -0.25) is 4.79 Å². The minimum absolute atomic E-state index is 0.193. The van der Waals surface area contributed by atoms with E-state index in [4.69, 9.17) is 10.7 Å². The van der Waals surface area contributed by atoms with Crippen LogP contribution in [0.5, 0.6) is 0 Å². The number of carbonyl (C=O) groups is 1. The number of anilines is 2. The van der Waals surface area contributed by atoms with Crippen molar-refractivity contribution in [1.82, 2.24) is 9.97 Å². The Kier molecular flexibility index (Phi) is 6.31. The summed E-state index contributed by atoms with van der Waals surface area (Å²) in [5.41, 5.74) is 8.61. The third kappa shape index (κ3) is 4.76. The van der Waals surface area contributed by atoms with Gasteiger partial charge in [0.05, 0.1) is 5.56 Å². The number of carbonyl (C=O) groups excluding carboxylic acids is 1. The molecule has 1 atom stereocenters. The van der Waals surface area contributed by atoms with Crippen molar-refractivity contribution in [3.63, 3.8) is 0 Å². The fourth-order valence-corrected chi connectivity index (χ4v) is 4.52. The zero-order valence-electron chi connectivity index (χ0n) is 18.3. The molecule has 3 aromatic rings. The molecule has 0 spiro atoms. The standard InChI is InChI=1S/C26H30N4O/c1-18(2)16-19-8-7-15-30(17-19)23-13-12-21(20-9-4-3-5-10-20)24(29-23)25(31)22-11-6-14-28-26(22)27/h3-6,9-14,18-19H,7-8,15-17H2,1-2H3,(H2,27,28)/t19-/m0/s1. The summed E-state index contributed by atoms with van der Waals surface area (Å²) in [6.07, 6.45) is 5.22. The molecule has 0 bridgehead atoms. The molecule has 1 fully saturated rings. The van der Waals surface area contributed by atoms with Crippen molar-refractivity contribution in [1.29, 1.82) is 0 Å². The molecule has 31 heavy (non-hydrogen) atoms. The Morgan fingerprint density at radius 1 is 1.13 bits per heavy atom. The van der Waals surface area contributed by atoms with E-state index in [-0.39, 0.29) is 11.6 Å². The van der Waals surface area contributed by atoms with Gasteiger partial charge in [0.2, 0.25) is 5.78 Å². The molecule has 0 aliphatic carbocycles. The lowest BCUT2D eigenvalue weighted by molar-refractivity contribution is 0.103. The predicted molar refractivity (Wildman–Crippen MR) is 126 cm³/mol. The van der Waals surface area contributed by atoms with Crippen molar-refractivity contribution in [2.45, 2.75) is 33.1 Å². The second-order valence-electron chi connectivity index (χ2n) is 8.78. The maximum Gasteiger partial charge on any atom is 0.215 e. The average Bonchev–Trinajstić information content (AvgIpc) is 2.79. The smallest absolute Gasteiger partial charge is 0.215 e. The number of piperidine rings is 1. The highest BCUT2D eigenvalue weighted by atomic mass is 16.1. The van der Waals surface area contributed by atoms with Crippen LogP contribution in [0.2, 0.25) is 0 Å². The summed E-state index contributed by atoms with van der Waals surface area (Å²) in [5.74, 6) is 2.25. The van der Waals surface area contributed by atoms with Crippen LogP contribution in [0.15, 0.2) is 60.8 Å². The van der Waals surface area contributed by atoms with Gasteiger partial charge in [-0.1, -0.05) is 44.2 Å². The number of rotatable bonds is 6. The molecule has 2 aromatic heterocycles. The first-order valence-electron chi connectivity index (χ1n) is 11.1. The normalized spacial score (nSPS) is 16.5. The molecule has 0 radical (unpaired) electrons. The fourth-order valence-electron chi connectivity index (χ4n) is 4.52. The van der Waals surface area contributed by atoms with Gasteiger partial charge in [-0.25, -0.2) is 9.97 Å². The second kappa shape index (κ2) is 9.29. The van der Waals surface area contributed by atoms with Gasteiger partial charge >= 0.3 is 0 Å². The quantitative estimate of drug-likeness (QED) is 0.560. The molecule has 1 aliphatic heterocycles. The van der Waals surface area contributed by atoms with Crippen LogP contribution in [0.25, 0.3) is 11.1 Å². The number of nitrogen functional groups attached to an aromatic ring is 1. The van der Waals surface area contributed by atoms with E-state index in [2.05, 4.69) is 23.7 Å². The summed E-state index contributed by atoms with van der Waals surface area (Å²) >= 11 is 0. The average molecular weight is 415 g/mol. The predicted octanol–water partition coefficient (Wildman–Crippen LogP) is 5.22. The Morgan fingerprint density at radius 3 is 2.68 bits per heavy atom. The van der Waals surface area contributed by atoms with Gasteiger partial charge in [-0.05, 0) is 60.9 Å². The second-order valence-corrected chi connectivity index (χ2v) is 8.78. The minimum atomic E-state index is -0.193. The summed E-state index contributed by atoms with van der Waals surface area (Å²) in [7, 11) is 0. The van der Waals surface area contributed by atoms with Crippen LogP contribution in [0.4, 0.5) is 11.6 Å². The first-order valence-corrected chi connectivity index (χ1v) is 11.1. The molecule has 3 heterocycles. The molecule has 1 saturated heterocycles. The van der Waals surface area contributed by atoms with Crippen LogP contribution in [0.1, 0.15) is 49.2 Å². The molecule has 0 unspecified atom stereocenters. The molecular formula is C26H30N4O. The Hall–Kier alpha value is -3.21. The van der Waals surface area contributed by atoms with E-state index in [1.807, 2.05) is 42.5 Å². The number of hydrogen-bond donors (Lipinski definition) is 1. The number of nitrogens with zero attached hydrogens (tertiary/aromatic N) is 3. The lowest BCUT2D eigenvalue weighted by atomic mass is 9.89. The molecule has 5 heteroatoms. The Balaban J connectivity index is 1.74. The number of nitrogens with two attached hydrogens (primary N) is 1. The minimum Gasteiger partial charge on any atom is -0.383 e. The lowest BCUT2D eigenvalue weighted by Gasteiger charge is -2.34. The van der Waals surface area contributed by atoms with Gasteiger partial charge in [0.1, 0.15) is 17.3 Å². The Morgan fingerprint density at radius 2 is 1.94 bits per heavy atom. The highest BCUT2D eigenvalue weighted by molar-refractivity contribution is 6.14.